The maximum absolute atomic E-state index is 13.0. The average molecular weight is 468 g/mol. The van der Waals surface area contributed by atoms with E-state index < -0.39 is 11.7 Å². The first-order valence-corrected chi connectivity index (χ1v) is 10.5. The highest BCUT2D eigenvalue weighted by molar-refractivity contribution is 5.86. The van der Waals surface area contributed by atoms with Crippen LogP contribution in [-0.2, 0) is 12.7 Å². The number of hydrogen-bond donors (Lipinski definition) is 3. The number of nitrogens with zero attached hydrogens (tertiary/aromatic N) is 2. The molecule has 4 aromatic rings. The standard InChI is InChI=1S/C25H23F3N4O2/c1-17(31-20-4-2-3-19(14-20)25(26,27)28)32-11-8-18-13-22(5-6-24(18)32)34-23-7-9-30-21(15-23)16-29-10-12-33/h2-9,11,13-15,29,31,33H,1,10,12,16H2. The predicted molar refractivity (Wildman–Crippen MR) is 125 cm³/mol. The van der Waals surface area contributed by atoms with E-state index in [9.17, 15) is 13.2 Å². The number of hydrogen-bond acceptors (Lipinski definition) is 5. The number of rotatable bonds is 9. The maximum atomic E-state index is 13.0. The molecule has 34 heavy (non-hydrogen) atoms. The van der Waals surface area contributed by atoms with Crippen LogP contribution in [0.15, 0.2) is 79.6 Å². The fourth-order valence-electron chi connectivity index (χ4n) is 3.47. The minimum Gasteiger partial charge on any atom is -0.457 e. The first kappa shape index (κ1) is 23.3. The second kappa shape index (κ2) is 9.98. The summed E-state index contributed by atoms with van der Waals surface area (Å²) >= 11 is 0. The molecule has 0 saturated heterocycles. The number of ether oxygens (including phenoxy) is 1. The molecule has 0 unspecified atom stereocenters. The Kier molecular flexibility index (Phi) is 6.85. The number of benzene rings is 2. The topological polar surface area (TPSA) is 71.3 Å². The molecule has 176 valence electrons. The lowest BCUT2D eigenvalue weighted by Crippen LogP contribution is -2.18. The molecule has 0 fully saturated rings. The third-order valence-corrected chi connectivity index (χ3v) is 5.05. The largest absolute Gasteiger partial charge is 0.457 e. The summed E-state index contributed by atoms with van der Waals surface area (Å²) in [5.74, 6) is 1.67. The number of alkyl halides is 3. The number of aliphatic hydroxyl groups is 1. The summed E-state index contributed by atoms with van der Waals surface area (Å²) in [5.41, 5.74) is 1.17. The Labute approximate surface area is 194 Å². The van der Waals surface area contributed by atoms with Crippen LogP contribution < -0.4 is 15.4 Å². The van der Waals surface area contributed by atoms with Gasteiger partial charge in [-0.2, -0.15) is 13.2 Å². The lowest BCUT2D eigenvalue weighted by molar-refractivity contribution is -0.137. The van der Waals surface area contributed by atoms with Gasteiger partial charge in [-0.3, -0.25) is 4.98 Å². The SMILES string of the molecule is C=C(Nc1cccc(C(F)(F)F)c1)n1ccc2cc(Oc3ccnc(CNCCO)c3)ccc21. The summed E-state index contributed by atoms with van der Waals surface area (Å²) in [6, 6.07) is 16.0. The second-order valence-corrected chi connectivity index (χ2v) is 7.54. The number of aromatic nitrogens is 2. The molecular formula is C25H23F3N4O2. The van der Waals surface area contributed by atoms with E-state index in [1.807, 2.05) is 24.3 Å². The van der Waals surface area contributed by atoms with Crippen molar-refractivity contribution in [2.24, 2.45) is 0 Å². The quantitative estimate of drug-likeness (QED) is 0.284. The normalized spacial score (nSPS) is 11.5. The Morgan fingerprint density at radius 2 is 1.88 bits per heavy atom. The molecule has 2 aromatic heterocycles. The molecular weight excluding hydrogens is 445 g/mol. The van der Waals surface area contributed by atoms with Gasteiger partial charge in [0.15, 0.2) is 0 Å². The number of pyridine rings is 1. The highest BCUT2D eigenvalue weighted by atomic mass is 19.4. The minimum absolute atomic E-state index is 0.0533. The third kappa shape index (κ3) is 5.56. The smallest absolute Gasteiger partial charge is 0.416 e. The fraction of sp³-hybridized carbons (Fsp3) is 0.160. The summed E-state index contributed by atoms with van der Waals surface area (Å²) in [4.78, 5) is 4.27. The zero-order valence-corrected chi connectivity index (χ0v) is 18.1. The molecule has 6 nitrogen and oxygen atoms in total. The van der Waals surface area contributed by atoms with Crippen LogP contribution in [0, 0.1) is 0 Å². The van der Waals surface area contributed by atoms with Crippen LogP contribution in [0.2, 0.25) is 0 Å². The van der Waals surface area contributed by atoms with Gasteiger partial charge in [-0.15, -0.1) is 0 Å². The summed E-state index contributed by atoms with van der Waals surface area (Å²) in [5, 5.41) is 15.8. The van der Waals surface area contributed by atoms with Crippen molar-refractivity contribution in [1.82, 2.24) is 14.9 Å². The molecule has 9 heteroatoms. The Bertz CT molecular complexity index is 1300. The molecule has 0 spiro atoms. The summed E-state index contributed by atoms with van der Waals surface area (Å²) in [6.07, 6.45) is -0.973. The molecule has 3 N–H and O–H groups in total. The number of halogens is 3. The van der Waals surface area contributed by atoms with Crippen molar-refractivity contribution in [3.63, 3.8) is 0 Å². The Morgan fingerprint density at radius 1 is 1.06 bits per heavy atom. The molecule has 0 saturated carbocycles. The Morgan fingerprint density at radius 3 is 2.68 bits per heavy atom. The molecule has 0 aliphatic heterocycles. The van der Waals surface area contributed by atoms with Crippen molar-refractivity contribution < 1.29 is 23.0 Å². The molecule has 0 aliphatic carbocycles. The second-order valence-electron chi connectivity index (χ2n) is 7.54. The van der Waals surface area contributed by atoms with E-state index >= 15 is 0 Å². The highest BCUT2D eigenvalue weighted by Gasteiger charge is 2.30. The maximum Gasteiger partial charge on any atom is 0.416 e. The van der Waals surface area contributed by atoms with Crippen LogP contribution in [0.4, 0.5) is 18.9 Å². The van der Waals surface area contributed by atoms with Crippen LogP contribution in [0.5, 0.6) is 11.5 Å². The van der Waals surface area contributed by atoms with Gasteiger partial charge in [-0.1, -0.05) is 12.6 Å². The van der Waals surface area contributed by atoms with Gasteiger partial charge >= 0.3 is 6.18 Å². The van der Waals surface area contributed by atoms with Crippen molar-refractivity contribution in [3.05, 3.63) is 90.9 Å². The molecule has 0 amide bonds. The molecule has 0 aliphatic rings. The van der Waals surface area contributed by atoms with Gasteiger partial charge in [0.1, 0.15) is 17.3 Å². The van der Waals surface area contributed by atoms with Crippen molar-refractivity contribution in [2.45, 2.75) is 12.7 Å². The molecule has 2 aromatic carbocycles. The Balaban J connectivity index is 1.48. The average Bonchev–Trinajstić information content (AvgIpc) is 3.23. The van der Waals surface area contributed by atoms with Crippen molar-refractivity contribution >= 4 is 22.4 Å². The predicted octanol–water partition coefficient (Wildman–Crippen LogP) is 5.47. The lowest BCUT2D eigenvalue weighted by Gasteiger charge is -2.14. The Hall–Kier alpha value is -3.82. The van der Waals surface area contributed by atoms with Gasteiger partial charge < -0.3 is 25.0 Å². The van der Waals surface area contributed by atoms with Crippen LogP contribution in [0.25, 0.3) is 16.7 Å². The van der Waals surface area contributed by atoms with Gasteiger partial charge in [0, 0.05) is 42.6 Å². The van der Waals surface area contributed by atoms with E-state index in [1.54, 1.807) is 35.2 Å². The summed E-state index contributed by atoms with van der Waals surface area (Å²) in [6.45, 7) is 5.02. The van der Waals surface area contributed by atoms with Gasteiger partial charge in [0.05, 0.1) is 23.4 Å². The lowest BCUT2D eigenvalue weighted by atomic mass is 10.2. The number of nitrogens with one attached hydrogen (secondary N) is 2. The van der Waals surface area contributed by atoms with Gasteiger partial charge in [-0.05, 0) is 48.5 Å². The van der Waals surface area contributed by atoms with E-state index in [0.717, 1.165) is 28.7 Å². The van der Waals surface area contributed by atoms with Crippen molar-refractivity contribution in [1.29, 1.82) is 0 Å². The molecule has 2 heterocycles. The van der Waals surface area contributed by atoms with Gasteiger partial charge in [0.2, 0.25) is 0 Å². The van der Waals surface area contributed by atoms with E-state index in [1.165, 1.54) is 6.07 Å². The first-order chi connectivity index (χ1) is 16.3. The van der Waals surface area contributed by atoms with Crippen molar-refractivity contribution in [2.75, 3.05) is 18.5 Å². The van der Waals surface area contributed by atoms with Crippen LogP contribution in [0.1, 0.15) is 11.3 Å². The van der Waals surface area contributed by atoms with E-state index in [2.05, 4.69) is 22.2 Å². The molecule has 0 atom stereocenters. The summed E-state index contributed by atoms with van der Waals surface area (Å²) < 4.78 is 46.7. The van der Waals surface area contributed by atoms with E-state index in [4.69, 9.17) is 9.84 Å². The fourth-order valence-corrected chi connectivity index (χ4v) is 3.47. The third-order valence-electron chi connectivity index (χ3n) is 5.05. The molecule has 4 rings (SSSR count). The van der Waals surface area contributed by atoms with E-state index in [0.29, 0.717) is 36.1 Å². The molecule has 0 bridgehead atoms. The van der Waals surface area contributed by atoms with Crippen LogP contribution in [-0.4, -0.2) is 27.8 Å². The zero-order valence-electron chi connectivity index (χ0n) is 18.1. The first-order valence-electron chi connectivity index (χ1n) is 10.5. The highest BCUT2D eigenvalue weighted by Crippen LogP contribution is 2.32. The number of anilines is 1. The summed E-state index contributed by atoms with van der Waals surface area (Å²) in [7, 11) is 0. The number of aliphatic hydroxyl groups excluding tert-OH is 1. The number of fused-ring (bicyclic) bond motifs is 1. The van der Waals surface area contributed by atoms with Crippen LogP contribution >= 0.6 is 0 Å². The minimum atomic E-state index is -4.42. The monoisotopic (exact) mass is 468 g/mol. The van der Waals surface area contributed by atoms with Crippen molar-refractivity contribution in [3.8, 4) is 11.5 Å². The zero-order chi connectivity index (χ0) is 24.1. The molecule has 0 radical (unpaired) electrons. The van der Waals surface area contributed by atoms with Crippen LogP contribution in [0.3, 0.4) is 0 Å². The van der Waals surface area contributed by atoms with E-state index in [-0.39, 0.29) is 6.61 Å². The van der Waals surface area contributed by atoms with Gasteiger partial charge in [0.25, 0.3) is 0 Å². The van der Waals surface area contributed by atoms with Gasteiger partial charge in [-0.25, -0.2) is 0 Å².